The normalized spacial score (nSPS) is 12.3. The Kier molecular flexibility index (Phi) is 6.81. The molecule has 0 radical (unpaired) electrons. The number of methoxy groups -OCH3 is 1. The van der Waals surface area contributed by atoms with E-state index in [1.165, 1.54) is 0 Å². The lowest BCUT2D eigenvalue weighted by Crippen LogP contribution is -2.26. The highest BCUT2D eigenvalue weighted by molar-refractivity contribution is 5.96. The van der Waals surface area contributed by atoms with Crippen LogP contribution in [0.25, 0.3) is 0 Å². The molecule has 0 saturated carbocycles. The highest BCUT2D eigenvalue weighted by Gasteiger charge is 2.31. The van der Waals surface area contributed by atoms with Gasteiger partial charge in [-0.1, -0.05) is 47.6 Å². The van der Waals surface area contributed by atoms with Crippen LogP contribution in [0.3, 0.4) is 0 Å². The molecule has 1 aromatic carbocycles. The lowest BCUT2D eigenvalue weighted by Gasteiger charge is -2.32. The van der Waals surface area contributed by atoms with E-state index in [1.54, 1.807) is 13.2 Å². The SMILES string of the molecule is COCCOCOc1c(C(N)=O)ccc(C(C)(C)C)c1C(C)(C)C. The Morgan fingerprint density at radius 2 is 1.67 bits per heavy atom. The van der Waals surface area contributed by atoms with Gasteiger partial charge in [-0.05, 0) is 22.5 Å². The number of amides is 1. The number of benzene rings is 1. The van der Waals surface area contributed by atoms with Gasteiger partial charge in [0.25, 0.3) is 5.91 Å². The molecule has 0 aliphatic rings. The molecular formula is C19H31NO4. The molecule has 1 amide bonds. The van der Waals surface area contributed by atoms with Crippen LogP contribution in [-0.4, -0.2) is 33.0 Å². The third-order valence-corrected chi connectivity index (χ3v) is 3.70. The molecule has 0 spiro atoms. The third-order valence-electron chi connectivity index (χ3n) is 3.70. The Hall–Kier alpha value is -1.59. The quantitative estimate of drug-likeness (QED) is 0.611. The molecule has 1 rings (SSSR count). The third kappa shape index (κ3) is 5.21. The molecule has 5 heteroatoms. The fourth-order valence-corrected chi connectivity index (χ4v) is 2.60. The summed E-state index contributed by atoms with van der Waals surface area (Å²) in [4.78, 5) is 11.9. The first-order valence-electron chi connectivity index (χ1n) is 8.17. The largest absolute Gasteiger partial charge is 0.466 e. The van der Waals surface area contributed by atoms with Crippen LogP contribution in [-0.2, 0) is 20.3 Å². The summed E-state index contributed by atoms with van der Waals surface area (Å²) < 4.78 is 16.2. The highest BCUT2D eigenvalue weighted by atomic mass is 16.7. The maximum Gasteiger partial charge on any atom is 0.252 e. The topological polar surface area (TPSA) is 70.8 Å². The van der Waals surface area contributed by atoms with Crippen LogP contribution in [0.2, 0.25) is 0 Å². The molecule has 5 nitrogen and oxygen atoms in total. The lowest BCUT2D eigenvalue weighted by atomic mass is 9.74. The molecular weight excluding hydrogens is 306 g/mol. The average molecular weight is 337 g/mol. The standard InChI is InChI=1S/C19H31NO4/c1-18(2,3)14-9-8-13(17(20)21)16(15(14)19(4,5)6)24-12-23-11-10-22-7/h8-9H,10-12H2,1-7H3,(H2,20,21). The summed E-state index contributed by atoms with van der Waals surface area (Å²) in [5.74, 6) is 0.00712. The van der Waals surface area contributed by atoms with E-state index >= 15 is 0 Å². The molecule has 0 aliphatic carbocycles. The van der Waals surface area contributed by atoms with Gasteiger partial charge in [-0.25, -0.2) is 0 Å². The van der Waals surface area contributed by atoms with Crippen LogP contribution in [0.15, 0.2) is 12.1 Å². The predicted molar refractivity (Wildman–Crippen MR) is 95.7 cm³/mol. The van der Waals surface area contributed by atoms with Crippen molar-refractivity contribution >= 4 is 5.91 Å². The van der Waals surface area contributed by atoms with Crippen molar-refractivity contribution in [3.63, 3.8) is 0 Å². The Balaban J connectivity index is 3.35. The number of primary amides is 1. The molecule has 2 N–H and O–H groups in total. The summed E-state index contributed by atoms with van der Waals surface area (Å²) in [6.45, 7) is 13.7. The molecule has 0 bridgehead atoms. The van der Waals surface area contributed by atoms with Gasteiger partial charge in [0.1, 0.15) is 5.75 Å². The van der Waals surface area contributed by atoms with Crippen LogP contribution in [0.1, 0.15) is 63.0 Å². The van der Waals surface area contributed by atoms with Crippen molar-refractivity contribution in [1.82, 2.24) is 0 Å². The van der Waals surface area contributed by atoms with E-state index in [2.05, 4.69) is 41.5 Å². The fraction of sp³-hybridized carbons (Fsp3) is 0.632. The van der Waals surface area contributed by atoms with E-state index in [-0.39, 0.29) is 17.6 Å². The monoisotopic (exact) mass is 337 g/mol. The zero-order valence-electron chi connectivity index (χ0n) is 16.0. The number of ether oxygens (including phenoxy) is 3. The molecule has 0 aliphatic heterocycles. The number of carbonyl (C=O) groups is 1. The van der Waals surface area contributed by atoms with E-state index in [9.17, 15) is 4.79 Å². The summed E-state index contributed by atoms with van der Waals surface area (Å²) in [6, 6.07) is 3.71. The van der Waals surface area contributed by atoms with Crippen molar-refractivity contribution in [2.24, 2.45) is 5.73 Å². The minimum Gasteiger partial charge on any atom is -0.466 e. The zero-order chi connectivity index (χ0) is 18.5. The van der Waals surface area contributed by atoms with Gasteiger partial charge >= 0.3 is 0 Å². The number of hydrogen-bond acceptors (Lipinski definition) is 4. The van der Waals surface area contributed by atoms with Crippen molar-refractivity contribution in [3.8, 4) is 5.75 Å². The summed E-state index contributed by atoms with van der Waals surface area (Å²) >= 11 is 0. The van der Waals surface area contributed by atoms with E-state index in [0.29, 0.717) is 24.5 Å². The van der Waals surface area contributed by atoms with Gasteiger partial charge < -0.3 is 19.9 Å². The van der Waals surface area contributed by atoms with Crippen LogP contribution >= 0.6 is 0 Å². The summed E-state index contributed by atoms with van der Waals surface area (Å²) in [7, 11) is 1.61. The molecule has 0 atom stereocenters. The minimum absolute atomic E-state index is 0.0420. The Morgan fingerprint density at radius 3 is 2.12 bits per heavy atom. The average Bonchev–Trinajstić information content (AvgIpc) is 2.43. The van der Waals surface area contributed by atoms with Crippen molar-refractivity contribution in [1.29, 1.82) is 0 Å². The van der Waals surface area contributed by atoms with E-state index in [0.717, 1.165) is 11.1 Å². The molecule has 0 heterocycles. The van der Waals surface area contributed by atoms with Gasteiger partial charge in [0.05, 0.1) is 18.8 Å². The molecule has 0 aromatic heterocycles. The first-order chi connectivity index (χ1) is 11.0. The molecule has 0 saturated heterocycles. The van der Waals surface area contributed by atoms with Crippen molar-refractivity contribution in [2.75, 3.05) is 27.1 Å². The van der Waals surface area contributed by atoms with Crippen LogP contribution in [0, 0.1) is 0 Å². The van der Waals surface area contributed by atoms with Gasteiger partial charge in [0, 0.05) is 12.7 Å². The zero-order valence-corrected chi connectivity index (χ0v) is 16.0. The second-order valence-corrected chi connectivity index (χ2v) is 7.89. The van der Waals surface area contributed by atoms with Crippen LogP contribution < -0.4 is 10.5 Å². The van der Waals surface area contributed by atoms with Gasteiger partial charge in [-0.15, -0.1) is 0 Å². The fourth-order valence-electron chi connectivity index (χ4n) is 2.60. The second kappa shape index (κ2) is 7.99. The van der Waals surface area contributed by atoms with Crippen molar-refractivity contribution in [2.45, 2.75) is 52.4 Å². The maximum absolute atomic E-state index is 11.9. The molecule has 136 valence electrons. The number of rotatable bonds is 7. The predicted octanol–water partition coefficient (Wildman–Crippen LogP) is 3.38. The molecule has 0 unspecified atom stereocenters. The summed E-state index contributed by atoms with van der Waals surface area (Å²) in [5.41, 5.74) is 7.75. The van der Waals surface area contributed by atoms with E-state index in [4.69, 9.17) is 19.9 Å². The number of nitrogens with two attached hydrogens (primary N) is 1. The molecule has 0 fully saturated rings. The van der Waals surface area contributed by atoms with Crippen molar-refractivity contribution < 1.29 is 19.0 Å². The van der Waals surface area contributed by atoms with E-state index < -0.39 is 5.91 Å². The first-order valence-corrected chi connectivity index (χ1v) is 8.17. The van der Waals surface area contributed by atoms with Gasteiger partial charge in [0.2, 0.25) is 0 Å². The van der Waals surface area contributed by atoms with E-state index in [1.807, 2.05) is 6.07 Å². The first kappa shape index (κ1) is 20.5. The second-order valence-electron chi connectivity index (χ2n) is 7.89. The minimum atomic E-state index is -0.507. The highest BCUT2D eigenvalue weighted by Crippen LogP contribution is 2.41. The van der Waals surface area contributed by atoms with Crippen LogP contribution in [0.5, 0.6) is 5.75 Å². The Bertz CT molecular complexity index is 568. The van der Waals surface area contributed by atoms with Gasteiger partial charge in [-0.3, -0.25) is 4.79 Å². The Labute approximate surface area is 145 Å². The summed E-state index contributed by atoms with van der Waals surface area (Å²) in [6.07, 6.45) is 0. The number of carbonyl (C=O) groups excluding carboxylic acids is 1. The molecule has 24 heavy (non-hydrogen) atoms. The Morgan fingerprint density at radius 1 is 1.04 bits per heavy atom. The molecule has 1 aromatic rings. The van der Waals surface area contributed by atoms with Gasteiger partial charge in [0.15, 0.2) is 6.79 Å². The maximum atomic E-state index is 11.9. The summed E-state index contributed by atoms with van der Waals surface area (Å²) in [5, 5.41) is 0. The smallest absolute Gasteiger partial charge is 0.252 e. The van der Waals surface area contributed by atoms with Crippen LogP contribution in [0.4, 0.5) is 0 Å². The number of hydrogen-bond donors (Lipinski definition) is 1. The van der Waals surface area contributed by atoms with Crippen molar-refractivity contribution in [3.05, 3.63) is 28.8 Å². The lowest BCUT2D eigenvalue weighted by molar-refractivity contribution is -0.00954. The van der Waals surface area contributed by atoms with Gasteiger partial charge in [-0.2, -0.15) is 0 Å².